The highest BCUT2D eigenvalue weighted by Gasteiger charge is 2.05. The highest BCUT2D eigenvalue weighted by Crippen LogP contribution is 2.26. The van der Waals surface area contributed by atoms with Crippen molar-refractivity contribution in [1.29, 1.82) is 0 Å². The van der Waals surface area contributed by atoms with Crippen LogP contribution in [0.2, 0.25) is 5.02 Å². The van der Waals surface area contributed by atoms with Crippen molar-refractivity contribution in [3.05, 3.63) is 46.6 Å². The first-order chi connectivity index (χ1) is 10.0. The molecule has 0 radical (unpaired) electrons. The van der Waals surface area contributed by atoms with Crippen LogP contribution >= 0.6 is 11.6 Å². The van der Waals surface area contributed by atoms with Crippen molar-refractivity contribution in [2.75, 3.05) is 6.54 Å². The van der Waals surface area contributed by atoms with Crippen LogP contribution in [0.5, 0.6) is 11.6 Å². The van der Waals surface area contributed by atoms with Crippen LogP contribution in [0.15, 0.2) is 30.3 Å². The van der Waals surface area contributed by atoms with Gasteiger partial charge in [0.25, 0.3) is 0 Å². The predicted molar refractivity (Wildman–Crippen MR) is 84.8 cm³/mol. The van der Waals surface area contributed by atoms with E-state index in [0.717, 1.165) is 17.8 Å². The summed E-state index contributed by atoms with van der Waals surface area (Å²) in [6, 6.07) is 9.25. The van der Waals surface area contributed by atoms with E-state index in [4.69, 9.17) is 16.3 Å². The summed E-state index contributed by atoms with van der Waals surface area (Å²) in [5.41, 5.74) is 1.90. The van der Waals surface area contributed by atoms with E-state index in [0.29, 0.717) is 29.1 Å². The molecule has 0 saturated heterocycles. The van der Waals surface area contributed by atoms with Gasteiger partial charge in [0.1, 0.15) is 5.75 Å². The van der Waals surface area contributed by atoms with E-state index in [-0.39, 0.29) is 0 Å². The second kappa shape index (κ2) is 7.38. The van der Waals surface area contributed by atoms with Crippen molar-refractivity contribution in [2.45, 2.75) is 27.3 Å². The zero-order chi connectivity index (χ0) is 15.2. The number of ether oxygens (including phenoxy) is 1. The molecule has 0 amide bonds. The SMILES string of the molecule is Cc1ccc(Cl)cc1Oc1ccc(CNCC(C)C)nn1. The van der Waals surface area contributed by atoms with Crippen LogP contribution in [-0.4, -0.2) is 16.7 Å². The molecule has 1 aromatic carbocycles. The summed E-state index contributed by atoms with van der Waals surface area (Å²) in [6.07, 6.45) is 0. The van der Waals surface area contributed by atoms with Crippen LogP contribution in [0.3, 0.4) is 0 Å². The van der Waals surface area contributed by atoms with Crippen molar-refractivity contribution < 1.29 is 4.74 Å². The van der Waals surface area contributed by atoms with Crippen LogP contribution in [0.25, 0.3) is 0 Å². The molecule has 0 aliphatic carbocycles. The summed E-state index contributed by atoms with van der Waals surface area (Å²) in [6.45, 7) is 7.97. The van der Waals surface area contributed by atoms with Gasteiger partial charge in [-0.3, -0.25) is 0 Å². The first-order valence-corrected chi connectivity index (χ1v) is 7.39. The molecule has 1 aromatic heterocycles. The van der Waals surface area contributed by atoms with Crippen molar-refractivity contribution in [2.24, 2.45) is 5.92 Å². The van der Waals surface area contributed by atoms with E-state index in [1.165, 1.54) is 0 Å². The van der Waals surface area contributed by atoms with Crippen LogP contribution in [0, 0.1) is 12.8 Å². The Balaban J connectivity index is 1.97. The lowest BCUT2D eigenvalue weighted by molar-refractivity contribution is 0.449. The number of hydrogen-bond donors (Lipinski definition) is 1. The van der Waals surface area contributed by atoms with Gasteiger partial charge in [-0.1, -0.05) is 31.5 Å². The zero-order valence-corrected chi connectivity index (χ0v) is 13.3. The summed E-state index contributed by atoms with van der Waals surface area (Å²) < 4.78 is 5.71. The van der Waals surface area contributed by atoms with Crippen LogP contribution in [0.1, 0.15) is 25.1 Å². The average molecular weight is 306 g/mol. The summed E-state index contributed by atoms with van der Waals surface area (Å²) in [5, 5.41) is 12.2. The average Bonchev–Trinajstić information content (AvgIpc) is 2.44. The summed E-state index contributed by atoms with van der Waals surface area (Å²) >= 11 is 5.97. The maximum atomic E-state index is 5.97. The lowest BCUT2D eigenvalue weighted by Crippen LogP contribution is -2.19. The lowest BCUT2D eigenvalue weighted by atomic mass is 10.2. The molecule has 2 rings (SSSR count). The maximum absolute atomic E-state index is 5.97. The number of aryl methyl sites for hydroxylation is 1. The molecule has 1 N–H and O–H groups in total. The van der Waals surface area contributed by atoms with Gasteiger partial charge in [-0.2, -0.15) is 5.10 Å². The van der Waals surface area contributed by atoms with Crippen LogP contribution in [-0.2, 0) is 6.54 Å². The number of nitrogens with one attached hydrogen (secondary N) is 1. The van der Waals surface area contributed by atoms with E-state index in [1.807, 2.05) is 31.2 Å². The lowest BCUT2D eigenvalue weighted by Gasteiger charge is -2.09. The molecule has 0 atom stereocenters. The molecule has 1 heterocycles. The van der Waals surface area contributed by atoms with Gasteiger partial charge in [-0.25, -0.2) is 0 Å². The van der Waals surface area contributed by atoms with E-state index >= 15 is 0 Å². The molecule has 21 heavy (non-hydrogen) atoms. The number of rotatable bonds is 6. The molecule has 112 valence electrons. The molecule has 0 unspecified atom stereocenters. The van der Waals surface area contributed by atoms with Crippen molar-refractivity contribution in [3.63, 3.8) is 0 Å². The third-order valence-corrected chi connectivity index (χ3v) is 3.15. The van der Waals surface area contributed by atoms with Gasteiger partial charge >= 0.3 is 0 Å². The fourth-order valence-electron chi connectivity index (χ4n) is 1.78. The Kier molecular flexibility index (Phi) is 5.53. The van der Waals surface area contributed by atoms with E-state index in [1.54, 1.807) is 6.07 Å². The third-order valence-electron chi connectivity index (χ3n) is 2.92. The monoisotopic (exact) mass is 305 g/mol. The molecule has 0 fully saturated rings. The molecule has 4 nitrogen and oxygen atoms in total. The highest BCUT2D eigenvalue weighted by molar-refractivity contribution is 6.30. The fraction of sp³-hybridized carbons (Fsp3) is 0.375. The van der Waals surface area contributed by atoms with E-state index in [2.05, 4.69) is 29.4 Å². The number of benzene rings is 1. The second-order valence-corrected chi connectivity index (χ2v) is 5.84. The van der Waals surface area contributed by atoms with E-state index < -0.39 is 0 Å². The Morgan fingerprint density at radius 3 is 2.67 bits per heavy atom. The molecule has 5 heteroatoms. The molecule has 0 aliphatic rings. The standard InChI is InChI=1S/C16H20ClN3O/c1-11(2)9-18-10-14-6-7-16(20-19-14)21-15-8-13(17)5-4-12(15)3/h4-8,11,18H,9-10H2,1-3H3. The van der Waals surface area contributed by atoms with Gasteiger partial charge < -0.3 is 10.1 Å². The largest absolute Gasteiger partial charge is 0.437 e. The first-order valence-electron chi connectivity index (χ1n) is 7.02. The Morgan fingerprint density at radius 2 is 2.00 bits per heavy atom. The topological polar surface area (TPSA) is 47.0 Å². The zero-order valence-electron chi connectivity index (χ0n) is 12.6. The summed E-state index contributed by atoms with van der Waals surface area (Å²) in [7, 11) is 0. The first kappa shape index (κ1) is 15.7. The fourth-order valence-corrected chi connectivity index (χ4v) is 1.94. The number of halogens is 1. The maximum Gasteiger partial charge on any atom is 0.238 e. The van der Waals surface area contributed by atoms with Gasteiger partial charge in [0.15, 0.2) is 0 Å². The number of nitrogens with zero attached hydrogens (tertiary/aromatic N) is 2. The van der Waals surface area contributed by atoms with Gasteiger partial charge in [0.05, 0.1) is 5.69 Å². The van der Waals surface area contributed by atoms with Crippen molar-refractivity contribution in [1.82, 2.24) is 15.5 Å². The van der Waals surface area contributed by atoms with Gasteiger partial charge in [-0.05, 0) is 43.1 Å². The van der Waals surface area contributed by atoms with Gasteiger partial charge in [-0.15, -0.1) is 5.10 Å². The molecule has 0 saturated carbocycles. The Labute approximate surface area is 130 Å². The molecule has 2 aromatic rings. The second-order valence-electron chi connectivity index (χ2n) is 5.40. The predicted octanol–water partition coefficient (Wildman–Crippen LogP) is 3.98. The summed E-state index contributed by atoms with van der Waals surface area (Å²) in [5.74, 6) is 1.78. The van der Waals surface area contributed by atoms with Crippen LogP contribution < -0.4 is 10.1 Å². The smallest absolute Gasteiger partial charge is 0.238 e. The minimum atomic E-state index is 0.466. The van der Waals surface area contributed by atoms with Crippen molar-refractivity contribution >= 4 is 11.6 Å². The summed E-state index contributed by atoms with van der Waals surface area (Å²) in [4.78, 5) is 0. The molecule has 0 aliphatic heterocycles. The minimum Gasteiger partial charge on any atom is -0.437 e. The Bertz CT molecular complexity index is 585. The van der Waals surface area contributed by atoms with Gasteiger partial charge in [0, 0.05) is 17.6 Å². The van der Waals surface area contributed by atoms with Gasteiger partial charge in [0.2, 0.25) is 5.88 Å². The van der Waals surface area contributed by atoms with Crippen LogP contribution in [0.4, 0.5) is 0 Å². The molecule has 0 bridgehead atoms. The normalized spacial score (nSPS) is 10.9. The Morgan fingerprint density at radius 1 is 1.19 bits per heavy atom. The highest BCUT2D eigenvalue weighted by atomic mass is 35.5. The molecule has 0 spiro atoms. The quantitative estimate of drug-likeness (QED) is 0.877. The third kappa shape index (κ3) is 4.99. The molecular formula is C16H20ClN3O. The number of aromatic nitrogens is 2. The van der Waals surface area contributed by atoms with E-state index in [9.17, 15) is 0 Å². The minimum absolute atomic E-state index is 0.466. The Hall–Kier alpha value is -1.65. The molecular weight excluding hydrogens is 286 g/mol. The van der Waals surface area contributed by atoms with Crippen molar-refractivity contribution in [3.8, 4) is 11.6 Å². The number of hydrogen-bond acceptors (Lipinski definition) is 4.